The Morgan fingerprint density at radius 3 is 2.40 bits per heavy atom. The van der Waals surface area contributed by atoms with E-state index in [1.165, 1.54) is 0 Å². The third kappa shape index (κ3) is 3.92. The zero-order chi connectivity index (χ0) is 15.6. The summed E-state index contributed by atoms with van der Waals surface area (Å²) in [5, 5.41) is 9.04. The lowest BCUT2D eigenvalue weighted by atomic mass is 10.2. The normalized spacial score (nSPS) is 14.0. The average Bonchev–Trinajstić information content (AvgIpc) is 2.35. The number of carbonyl (C=O) groups excluding carboxylic acids is 1. The van der Waals surface area contributed by atoms with Crippen LogP contribution in [0, 0.1) is 0 Å². The highest BCUT2D eigenvalue weighted by Crippen LogP contribution is 2.33. The van der Waals surface area contributed by atoms with Crippen molar-refractivity contribution < 1.29 is 31.5 Å². The van der Waals surface area contributed by atoms with Crippen molar-refractivity contribution in [1.29, 1.82) is 0 Å². The molecule has 0 saturated carbocycles. The Hall–Kier alpha value is -1.65. The summed E-state index contributed by atoms with van der Waals surface area (Å²) in [5.41, 5.74) is 3.35. The molecule has 20 heavy (non-hydrogen) atoms. The highest BCUT2D eigenvalue weighted by atomic mass is 32.2. The van der Waals surface area contributed by atoms with Gasteiger partial charge in [-0.2, -0.15) is 13.2 Å². The van der Waals surface area contributed by atoms with Crippen LogP contribution in [0.2, 0.25) is 0 Å². The smallest absolute Gasteiger partial charge is 0.382 e. The Morgan fingerprint density at radius 2 is 1.90 bits per heavy atom. The van der Waals surface area contributed by atoms with Gasteiger partial charge in [-0.15, -0.1) is 0 Å². The van der Waals surface area contributed by atoms with E-state index in [-0.39, 0.29) is 0 Å². The number of aliphatic hydroxyl groups is 1. The van der Waals surface area contributed by atoms with Crippen LogP contribution < -0.4 is 10.5 Å². The summed E-state index contributed by atoms with van der Waals surface area (Å²) in [6.45, 7) is -0.816. The number of benzene rings is 1. The molecule has 0 radical (unpaired) electrons. The number of nitrogens with one attached hydrogen (secondary N) is 1. The Labute approximate surface area is 112 Å². The first kappa shape index (κ1) is 16.4. The Morgan fingerprint density at radius 1 is 1.35 bits per heavy atom. The van der Waals surface area contributed by atoms with Gasteiger partial charge in [-0.05, 0) is 12.1 Å². The van der Waals surface area contributed by atoms with Crippen LogP contribution in [0.3, 0.4) is 0 Å². The SMILES string of the molecule is NC(=O)C(O)CNS(=O)(=O)c1ccccc1C(F)(F)F. The van der Waals surface area contributed by atoms with Gasteiger partial charge in [0.15, 0.2) is 0 Å². The number of halogens is 3. The predicted octanol–water partition coefficient (Wildman–Crippen LogP) is -0.170. The van der Waals surface area contributed by atoms with E-state index in [1.54, 1.807) is 4.72 Å². The fourth-order valence-corrected chi connectivity index (χ4v) is 2.57. The first-order chi connectivity index (χ1) is 9.05. The summed E-state index contributed by atoms with van der Waals surface area (Å²) in [5.74, 6) is -1.20. The fourth-order valence-electron chi connectivity index (χ4n) is 1.30. The Bertz CT molecular complexity index is 601. The lowest BCUT2D eigenvalue weighted by Crippen LogP contribution is -2.40. The van der Waals surface area contributed by atoms with Crippen LogP contribution in [0.4, 0.5) is 13.2 Å². The zero-order valence-electron chi connectivity index (χ0n) is 9.89. The molecular weight excluding hydrogens is 301 g/mol. The van der Waals surface area contributed by atoms with Crippen LogP contribution >= 0.6 is 0 Å². The maximum Gasteiger partial charge on any atom is 0.417 e. The molecule has 10 heteroatoms. The summed E-state index contributed by atoms with van der Waals surface area (Å²) in [6, 6.07) is 3.54. The molecule has 0 heterocycles. The van der Waals surface area contributed by atoms with Crippen LogP contribution in [-0.4, -0.2) is 32.1 Å². The van der Waals surface area contributed by atoms with Gasteiger partial charge in [0.2, 0.25) is 15.9 Å². The number of hydrogen-bond acceptors (Lipinski definition) is 4. The van der Waals surface area contributed by atoms with Crippen molar-refractivity contribution in [3.05, 3.63) is 29.8 Å². The molecule has 1 atom stereocenters. The first-order valence-corrected chi connectivity index (χ1v) is 6.67. The molecule has 0 aliphatic carbocycles. The van der Waals surface area contributed by atoms with E-state index in [0.717, 1.165) is 18.2 Å². The summed E-state index contributed by atoms with van der Waals surface area (Å²) in [4.78, 5) is 9.54. The van der Waals surface area contributed by atoms with Gasteiger partial charge in [0, 0.05) is 6.54 Å². The van der Waals surface area contributed by atoms with Crippen molar-refractivity contribution in [1.82, 2.24) is 4.72 Å². The van der Waals surface area contributed by atoms with Gasteiger partial charge < -0.3 is 10.8 Å². The second kappa shape index (κ2) is 5.77. The average molecular weight is 312 g/mol. The second-order valence-corrected chi connectivity index (χ2v) is 5.50. The largest absolute Gasteiger partial charge is 0.417 e. The molecule has 0 aliphatic heterocycles. The van der Waals surface area contributed by atoms with E-state index in [1.807, 2.05) is 0 Å². The number of hydrogen-bond donors (Lipinski definition) is 3. The van der Waals surface area contributed by atoms with E-state index in [2.05, 4.69) is 0 Å². The molecule has 0 bridgehead atoms. The van der Waals surface area contributed by atoms with E-state index in [9.17, 15) is 26.4 Å². The molecule has 4 N–H and O–H groups in total. The molecule has 1 unspecified atom stereocenters. The van der Waals surface area contributed by atoms with Crippen molar-refractivity contribution >= 4 is 15.9 Å². The molecule has 0 aliphatic rings. The summed E-state index contributed by atoms with van der Waals surface area (Å²) in [7, 11) is -4.54. The highest BCUT2D eigenvalue weighted by Gasteiger charge is 2.36. The number of aliphatic hydroxyl groups excluding tert-OH is 1. The molecule has 0 fully saturated rings. The van der Waals surface area contributed by atoms with Crippen molar-refractivity contribution in [2.45, 2.75) is 17.2 Å². The lowest BCUT2D eigenvalue weighted by molar-refractivity contribution is -0.139. The van der Waals surface area contributed by atoms with Gasteiger partial charge >= 0.3 is 6.18 Å². The second-order valence-electron chi connectivity index (χ2n) is 3.76. The van der Waals surface area contributed by atoms with E-state index in [0.29, 0.717) is 6.07 Å². The van der Waals surface area contributed by atoms with Gasteiger partial charge in [0.25, 0.3) is 0 Å². The van der Waals surface area contributed by atoms with Crippen LogP contribution in [0.5, 0.6) is 0 Å². The minimum absolute atomic E-state index is 0.610. The quantitative estimate of drug-likeness (QED) is 0.701. The van der Waals surface area contributed by atoms with Crippen molar-refractivity contribution in [3.63, 3.8) is 0 Å². The molecular formula is C10H11F3N2O4S. The molecule has 112 valence electrons. The summed E-state index contributed by atoms with van der Waals surface area (Å²) >= 11 is 0. The van der Waals surface area contributed by atoms with Gasteiger partial charge in [0.05, 0.1) is 10.5 Å². The van der Waals surface area contributed by atoms with Gasteiger partial charge in [-0.25, -0.2) is 13.1 Å². The van der Waals surface area contributed by atoms with Crippen LogP contribution in [0.25, 0.3) is 0 Å². The molecule has 1 amide bonds. The summed E-state index contributed by atoms with van der Waals surface area (Å²) < 4.78 is 63.3. The number of sulfonamides is 1. The minimum atomic E-state index is -4.85. The Balaban J connectivity index is 3.08. The number of rotatable bonds is 5. The van der Waals surface area contributed by atoms with Gasteiger partial charge in [0.1, 0.15) is 6.10 Å². The molecule has 0 spiro atoms. The number of alkyl halides is 3. The van der Waals surface area contributed by atoms with Crippen LogP contribution in [0.15, 0.2) is 29.2 Å². The van der Waals surface area contributed by atoms with Crippen molar-refractivity contribution in [3.8, 4) is 0 Å². The number of amides is 1. The maximum atomic E-state index is 12.7. The lowest BCUT2D eigenvalue weighted by Gasteiger charge is -2.14. The van der Waals surface area contributed by atoms with Crippen molar-refractivity contribution in [2.24, 2.45) is 5.73 Å². The topological polar surface area (TPSA) is 109 Å². The van der Waals surface area contributed by atoms with E-state index >= 15 is 0 Å². The molecule has 0 aromatic heterocycles. The van der Waals surface area contributed by atoms with E-state index < -0.39 is 45.2 Å². The Kier molecular flexibility index (Phi) is 4.73. The first-order valence-electron chi connectivity index (χ1n) is 5.19. The van der Waals surface area contributed by atoms with Crippen LogP contribution in [0.1, 0.15) is 5.56 Å². The molecule has 1 aromatic carbocycles. The molecule has 0 saturated heterocycles. The maximum absolute atomic E-state index is 12.7. The van der Waals surface area contributed by atoms with Crippen LogP contribution in [-0.2, 0) is 21.0 Å². The molecule has 6 nitrogen and oxygen atoms in total. The van der Waals surface area contributed by atoms with E-state index in [4.69, 9.17) is 10.8 Å². The van der Waals surface area contributed by atoms with Gasteiger partial charge in [-0.3, -0.25) is 4.79 Å². The third-order valence-corrected chi connectivity index (χ3v) is 3.76. The number of carbonyl (C=O) groups is 1. The summed E-state index contributed by atoms with van der Waals surface area (Å²) in [6.07, 6.45) is -6.68. The third-order valence-electron chi connectivity index (χ3n) is 2.28. The standard InChI is InChI=1S/C10H11F3N2O4S/c11-10(12,13)6-3-1-2-4-8(6)20(18,19)15-5-7(16)9(14)17/h1-4,7,15-16H,5H2,(H2,14,17). The van der Waals surface area contributed by atoms with Gasteiger partial charge in [-0.1, -0.05) is 12.1 Å². The molecule has 1 rings (SSSR count). The fraction of sp³-hybridized carbons (Fsp3) is 0.300. The monoisotopic (exact) mass is 312 g/mol. The molecule has 1 aromatic rings. The number of primary amides is 1. The minimum Gasteiger partial charge on any atom is -0.382 e. The predicted molar refractivity (Wildman–Crippen MR) is 61.8 cm³/mol. The van der Waals surface area contributed by atoms with Crippen molar-refractivity contribution in [2.75, 3.05) is 6.54 Å². The highest BCUT2D eigenvalue weighted by molar-refractivity contribution is 7.89. The zero-order valence-corrected chi connectivity index (χ0v) is 10.7. The number of nitrogens with two attached hydrogens (primary N) is 1.